The highest BCUT2D eigenvalue weighted by Crippen LogP contribution is 2.30. The molecule has 0 atom stereocenters. The molecule has 9 heteroatoms. The minimum Gasteiger partial charge on any atom is -0.237 e. The quantitative estimate of drug-likeness (QED) is 0.667. The van der Waals surface area contributed by atoms with Crippen molar-refractivity contribution in [2.45, 2.75) is 24.8 Å². The Morgan fingerprint density at radius 2 is 2.00 bits per heavy atom. The Morgan fingerprint density at radius 1 is 1.20 bits per heavy atom. The molecule has 3 heterocycles. The van der Waals surface area contributed by atoms with Crippen LogP contribution in [-0.2, 0) is 23.0 Å². The average molecular weight is 397 g/mol. The van der Waals surface area contributed by atoms with E-state index in [-0.39, 0.29) is 16.5 Å². The highest BCUT2D eigenvalue weighted by molar-refractivity contribution is 7.89. The van der Waals surface area contributed by atoms with Gasteiger partial charge in [0.2, 0.25) is 10.0 Å². The molecule has 130 valence electrons. The van der Waals surface area contributed by atoms with E-state index in [1.165, 1.54) is 16.4 Å². The molecule has 0 radical (unpaired) electrons. The first-order valence-corrected chi connectivity index (χ1v) is 9.84. The molecule has 1 aliphatic rings. The highest BCUT2D eigenvalue weighted by Gasteiger charge is 2.31. The molecule has 25 heavy (non-hydrogen) atoms. The maximum atomic E-state index is 13.0. The summed E-state index contributed by atoms with van der Waals surface area (Å²) in [5.74, 6) is 0. The van der Waals surface area contributed by atoms with Gasteiger partial charge < -0.3 is 0 Å². The fourth-order valence-corrected chi connectivity index (χ4v) is 5.20. The van der Waals surface area contributed by atoms with Gasteiger partial charge in [0.25, 0.3) is 0 Å². The minimum atomic E-state index is -3.75. The van der Waals surface area contributed by atoms with E-state index in [0.717, 1.165) is 22.6 Å². The summed E-state index contributed by atoms with van der Waals surface area (Å²) >= 11 is 12.0. The van der Waals surface area contributed by atoms with Crippen LogP contribution in [0.15, 0.2) is 35.4 Å². The summed E-state index contributed by atoms with van der Waals surface area (Å²) in [7, 11) is -3.75. The van der Waals surface area contributed by atoms with Gasteiger partial charge in [-0.15, -0.1) is 0 Å². The Bertz CT molecular complexity index is 1090. The monoisotopic (exact) mass is 396 g/mol. The number of aryl methyl sites for hydroxylation is 1. The fourth-order valence-electron chi connectivity index (χ4n) is 3.05. The van der Waals surface area contributed by atoms with Crippen molar-refractivity contribution in [1.29, 1.82) is 0 Å². The molecule has 0 bridgehead atoms. The number of fused-ring (bicyclic) bond motifs is 3. The lowest BCUT2D eigenvalue weighted by atomic mass is 10.1. The lowest BCUT2D eigenvalue weighted by Crippen LogP contribution is -2.37. The molecule has 2 aromatic heterocycles. The normalized spacial score (nSPS) is 15.5. The van der Waals surface area contributed by atoms with Crippen LogP contribution in [-0.4, -0.2) is 33.9 Å². The zero-order chi connectivity index (χ0) is 17.8. The fraction of sp³-hybridized carbons (Fsp3) is 0.250. The Kier molecular flexibility index (Phi) is 3.99. The summed E-state index contributed by atoms with van der Waals surface area (Å²) in [6.07, 6.45) is 2.26. The molecule has 0 aliphatic carbocycles. The number of rotatable bonds is 2. The Labute approximate surface area is 155 Å². The summed E-state index contributed by atoms with van der Waals surface area (Å²) in [5, 5.41) is 4.93. The van der Waals surface area contributed by atoms with Crippen molar-refractivity contribution < 1.29 is 8.42 Å². The van der Waals surface area contributed by atoms with Gasteiger partial charge in [-0.1, -0.05) is 23.2 Å². The van der Waals surface area contributed by atoms with Crippen molar-refractivity contribution >= 4 is 38.9 Å². The van der Waals surface area contributed by atoms with Crippen molar-refractivity contribution in [3.05, 3.63) is 57.5 Å². The molecule has 0 unspecified atom stereocenters. The van der Waals surface area contributed by atoms with Crippen LogP contribution in [0.2, 0.25) is 10.0 Å². The molecule has 0 saturated heterocycles. The third-order valence-electron chi connectivity index (χ3n) is 4.25. The molecular weight excluding hydrogens is 383 g/mol. The average Bonchev–Trinajstić information content (AvgIpc) is 2.97. The lowest BCUT2D eigenvalue weighted by Gasteiger charge is -2.28. The molecule has 0 saturated carbocycles. The van der Waals surface area contributed by atoms with Crippen LogP contribution in [0.25, 0.3) is 5.65 Å². The van der Waals surface area contributed by atoms with Crippen molar-refractivity contribution in [3.63, 3.8) is 0 Å². The zero-order valence-electron chi connectivity index (χ0n) is 13.3. The third kappa shape index (κ3) is 2.81. The molecule has 0 spiro atoms. The van der Waals surface area contributed by atoms with E-state index in [4.69, 9.17) is 23.2 Å². The Hall–Kier alpha value is -1.67. The van der Waals surface area contributed by atoms with Gasteiger partial charge in [-0.05, 0) is 25.1 Å². The molecule has 1 aromatic carbocycles. The summed E-state index contributed by atoms with van der Waals surface area (Å²) in [6.45, 7) is 2.47. The second-order valence-electron chi connectivity index (χ2n) is 5.95. The van der Waals surface area contributed by atoms with Gasteiger partial charge >= 0.3 is 0 Å². The van der Waals surface area contributed by atoms with Gasteiger partial charge in [0, 0.05) is 42.4 Å². The Morgan fingerprint density at radius 3 is 2.80 bits per heavy atom. The summed E-state index contributed by atoms with van der Waals surface area (Å²) in [6, 6.07) is 6.34. The van der Waals surface area contributed by atoms with E-state index in [2.05, 4.69) is 10.1 Å². The van der Waals surface area contributed by atoms with E-state index in [1.54, 1.807) is 16.8 Å². The van der Waals surface area contributed by atoms with Crippen LogP contribution in [0.4, 0.5) is 0 Å². The number of aromatic nitrogens is 3. The molecule has 0 amide bonds. The standard InChI is InChI=1S/C16H14Cl2N4O2S/c1-10-6-16-19-8-11-9-21(5-4-14(11)22(16)20-10)25(23,24)15-7-12(17)2-3-13(15)18/h2-3,6-8H,4-5,9H2,1H3. The van der Waals surface area contributed by atoms with Gasteiger partial charge in [-0.25, -0.2) is 17.9 Å². The van der Waals surface area contributed by atoms with Crippen LogP contribution >= 0.6 is 23.2 Å². The van der Waals surface area contributed by atoms with Gasteiger partial charge in [0.15, 0.2) is 5.65 Å². The first-order valence-electron chi connectivity index (χ1n) is 7.64. The Balaban J connectivity index is 1.75. The molecule has 4 rings (SSSR count). The van der Waals surface area contributed by atoms with Crippen LogP contribution in [0.5, 0.6) is 0 Å². The smallest absolute Gasteiger partial charge is 0.237 e. The predicted octanol–water partition coefficient (Wildman–Crippen LogP) is 3.09. The van der Waals surface area contributed by atoms with Gasteiger partial charge in [0.05, 0.1) is 16.4 Å². The van der Waals surface area contributed by atoms with Crippen molar-refractivity contribution in [2.75, 3.05) is 6.54 Å². The number of hydrogen-bond donors (Lipinski definition) is 0. The molecule has 0 fully saturated rings. The van der Waals surface area contributed by atoms with Gasteiger partial charge in [0.1, 0.15) is 4.90 Å². The first-order chi connectivity index (χ1) is 11.9. The topological polar surface area (TPSA) is 67.6 Å². The molecule has 3 aromatic rings. The molecular formula is C16H14Cl2N4O2S. The first kappa shape index (κ1) is 16.8. The summed E-state index contributed by atoms with van der Waals surface area (Å²) in [4.78, 5) is 4.39. The maximum Gasteiger partial charge on any atom is 0.244 e. The second-order valence-corrected chi connectivity index (χ2v) is 8.70. The van der Waals surface area contributed by atoms with Gasteiger partial charge in [-0.2, -0.15) is 9.40 Å². The SMILES string of the molecule is Cc1cc2ncc3c(n2n1)CCN(S(=O)(=O)c1cc(Cl)ccc1Cl)C3. The van der Waals surface area contributed by atoms with E-state index in [9.17, 15) is 8.42 Å². The van der Waals surface area contributed by atoms with Crippen molar-refractivity contribution in [1.82, 2.24) is 18.9 Å². The molecule has 1 aliphatic heterocycles. The van der Waals surface area contributed by atoms with E-state index in [0.29, 0.717) is 18.0 Å². The van der Waals surface area contributed by atoms with E-state index in [1.807, 2.05) is 13.0 Å². The number of benzene rings is 1. The number of sulfonamides is 1. The maximum absolute atomic E-state index is 13.0. The van der Waals surface area contributed by atoms with Gasteiger partial charge in [-0.3, -0.25) is 0 Å². The number of nitrogens with zero attached hydrogens (tertiary/aromatic N) is 4. The zero-order valence-corrected chi connectivity index (χ0v) is 15.6. The molecule has 0 N–H and O–H groups in total. The minimum absolute atomic E-state index is 0.0223. The number of hydrogen-bond acceptors (Lipinski definition) is 4. The third-order valence-corrected chi connectivity index (χ3v) is 6.81. The highest BCUT2D eigenvalue weighted by atomic mass is 35.5. The van der Waals surface area contributed by atoms with Crippen LogP contribution < -0.4 is 0 Å². The lowest BCUT2D eigenvalue weighted by molar-refractivity contribution is 0.384. The van der Waals surface area contributed by atoms with E-state index >= 15 is 0 Å². The second kappa shape index (κ2) is 5.95. The van der Waals surface area contributed by atoms with Crippen LogP contribution in [0.3, 0.4) is 0 Å². The number of halogens is 2. The largest absolute Gasteiger partial charge is 0.244 e. The molecule has 6 nitrogen and oxygen atoms in total. The van der Waals surface area contributed by atoms with Crippen molar-refractivity contribution in [2.24, 2.45) is 0 Å². The summed E-state index contributed by atoms with van der Waals surface area (Å²) in [5.41, 5.74) is 3.47. The summed E-state index contributed by atoms with van der Waals surface area (Å²) < 4.78 is 29.1. The predicted molar refractivity (Wildman–Crippen MR) is 95.5 cm³/mol. The van der Waals surface area contributed by atoms with E-state index < -0.39 is 10.0 Å². The van der Waals surface area contributed by atoms with Crippen LogP contribution in [0, 0.1) is 6.92 Å². The van der Waals surface area contributed by atoms with Crippen LogP contribution in [0.1, 0.15) is 17.0 Å². The van der Waals surface area contributed by atoms with Crippen molar-refractivity contribution in [3.8, 4) is 0 Å².